The lowest BCUT2D eigenvalue weighted by Gasteiger charge is -2.28. The van der Waals surface area contributed by atoms with Crippen LogP contribution in [-0.2, 0) is 31.9 Å². The molecular weight excluding hydrogens is 528 g/mol. The highest BCUT2D eigenvalue weighted by atomic mass is 16.5. The van der Waals surface area contributed by atoms with Gasteiger partial charge in [0, 0.05) is 24.0 Å². The Kier molecular flexibility index (Phi) is 5.08. The van der Waals surface area contributed by atoms with Gasteiger partial charge in [0.25, 0.3) is 0 Å². The molecule has 0 fully saturated rings. The minimum absolute atomic E-state index is 0.0985. The molecule has 2 unspecified atom stereocenters. The maximum absolute atomic E-state index is 13.2. The molecule has 0 radical (unpaired) electrons. The largest absolute Gasteiger partial charge is 0.506 e. The van der Waals surface area contributed by atoms with Gasteiger partial charge in [0.15, 0.2) is 0 Å². The zero-order chi connectivity index (χ0) is 28.9. The molecule has 2 aliphatic carbocycles. The number of Topliss-reactive ketones (excluding diaryl/α,β-unsaturated/α-hetero) is 4. The van der Waals surface area contributed by atoms with Crippen LogP contribution in [-0.4, -0.2) is 67.7 Å². The summed E-state index contributed by atoms with van der Waals surface area (Å²) in [5.74, 6) is -11.6. The van der Waals surface area contributed by atoms with Crippen LogP contribution in [0.25, 0.3) is 11.5 Å². The Morgan fingerprint density at radius 2 is 0.925 bits per heavy atom. The Bertz CT molecular complexity index is 1640. The first-order valence-corrected chi connectivity index (χ1v) is 12.1. The Hall–Kier alpha value is -5.26. The normalized spacial score (nSPS) is 21.9. The molecule has 0 amide bonds. The van der Waals surface area contributed by atoms with Crippen molar-refractivity contribution in [1.29, 1.82) is 0 Å². The summed E-state index contributed by atoms with van der Waals surface area (Å²) in [4.78, 5) is 77.7. The van der Waals surface area contributed by atoms with Gasteiger partial charge in [0.1, 0.15) is 46.4 Å². The number of esters is 2. The number of fused-ring (bicyclic) bond motifs is 4. The van der Waals surface area contributed by atoms with Crippen LogP contribution in [0, 0.1) is 0 Å². The molecule has 0 saturated heterocycles. The average molecular weight is 546 g/mol. The van der Waals surface area contributed by atoms with Crippen molar-refractivity contribution in [3.8, 4) is 11.5 Å². The second-order valence-electron chi connectivity index (χ2n) is 9.97. The Balaban J connectivity index is 1.64. The van der Waals surface area contributed by atoms with E-state index in [4.69, 9.17) is 9.47 Å². The van der Waals surface area contributed by atoms with E-state index in [-0.39, 0.29) is 35.1 Å². The average Bonchev–Trinajstić information content (AvgIpc) is 2.86. The van der Waals surface area contributed by atoms with Gasteiger partial charge in [-0.25, -0.2) is 9.59 Å². The minimum Gasteiger partial charge on any atom is -0.506 e. The number of cyclic esters (lactones) is 2. The first-order chi connectivity index (χ1) is 18.8. The van der Waals surface area contributed by atoms with E-state index >= 15 is 0 Å². The number of aromatic hydroxyl groups is 2. The number of carbonyl (C=O) groups is 6. The molecule has 4 aliphatic rings. The summed E-state index contributed by atoms with van der Waals surface area (Å²) in [6, 6.07) is 2.30. The maximum Gasteiger partial charge on any atom is 0.342 e. The van der Waals surface area contributed by atoms with E-state index in [0.29, 0.717) is 0 Å². The Morgan fingerprint density at radius 3 is 1.27 bits per heavy atom. The molecule has 2 atom stereocenters. The number of phenols is 2. The molecule has 0 aromatic heterocycles. The van der Waals surface area contributed by atoms with Crippen molar-refractivity contribution < 1.29 is 58.7 Å². The zero-order valence-corrected chi connectivity index (χ0v) is 20.8. The zero-order valence-electron chi connectivity index (χ0n) is 20.8. The van der Waals surface area contributed by atoms with Crippen molar-refractivity contribution in [1.82, 2.24) is 0 Å². The lowest BCUT2D eigenvalue weighted by molar-refractivity contribution is -0.114. The van der Waals surface area contributed by atoms with Crippen molar-refractivity contribution >= 4 is 46.6 Å². The number of hydrogen-bond acceptors (Lipinski definition) is 12. The highest BCUT2D eigenvalue weighted by Gasteiger charge is 2.47. The molecule has 2 aromatic carbocycles. The third-order valence-electron chi connectivity index (χ3n) is 7.36. The van der Waals surface area contributed by atoms with Crippen LogP contribution in [0.1, 0.15) is 77.5 Å². The van der Waals surface area contributed by atoms with Gasteiger partial charge >= 0.3 is 11.9 Å². The number of ketones is 4. The quantitative estimate of drug-likeness (QED) is 0.300. The van der Waals surface area contributed by atoms with Crippen molar-refractivity contribution in [2.75, 3.05) is 0 Å². The van der Waals surface area contributed by atoms with Crippen molar-refractivity contribution in [3.05, 3.63) is 67.8 Å². The standard InChI is InChI=1S/C28H18O12/c1-7-3-9-5-11-15(21(31)13(9)27(37)39-7)23(33)17(25(35)19(11)29)18-24(34)16-12(20(30)26(18)36)6-10-4-8(2)40-28(38)14(10)22(16)32/h5-8,31-34H,3-4H2,1-2H3. The summed E-state index contributed by atoms with van der Waals surface area (Å²) in [6.45, 7) is 3.15. The van der Waals surface area contributed by atoms with Gasteiger partial charge in [0.05, 0.1) is 22.3 Å². The third kappa shape index (κ3) is 3.12. The van der Waals surface area contributed by atoms with E-state index < -0.39 is 104 Å². The van der Waals surface area contributed by atoms with Gasteiger partial charge in [-0.05, 0) is 37.1 Å². The van der Waals surface area contributed by atoms with Gasteiger partial charge in [-0.2, -0.15) is 0 Å². The molecule has 12 heteroatoms. The van der Waals surface area contributed by atoms with Crippen molar-refractivity contribution in [2.24, 2.45) is 0 Å². The maximum atomic E-state index is 13.2. The highest BCUT2D eigenvalue weighted by Crippen LogP contribution is 2.46. The van der Waals surface area contributed by atoms with Gasteiger partial charge in [-0.3, -0.25) is 19.2 Å². The molecule has 202 valence electrons. The molecule has 0 saturated carbocycles. The summed E-state index contributed by atoms with van der Waals surface area (Å²) < 4.78 is 10.2. The number of phenolic OH excluding ortho intramolecular Hbond substituents is 2. The summed E-state index contributed by atoms with van der Waals surface area (Å²) in [6.07, 6.45) is -1.00. The number of rotatable bonds is 1. The number of hydrogen-bond donors (Lipinski definition) is 4. The van der Waals surface area contributed by atoms with Crippen LogP contribution in [0.5, 0.6) is 11.5 Å². The first kappa shape index (κ1) is 25.0. The predicted molar refractivity (Wildman–Crippen MR) is 131 cm³/mol. The second-order valence-corrected chi connectivity index (χ2v) is 9.97. The lowest BCUT2D eigenvalue weighted by atomic mass is 9.76. The van der Waals surface area contributed by atoms with Crippen LogP contribution >= 0.6 is 0 Å². The molecule has 40 heavy (non-hydrogen) atoms. The molecule has 6 rings (SSSR count). The lowest BCUT2D eigenvalue weighted by Crippen LogP contribution is -2.34. The summed E-state index contributed by atoms with van der Waals surface area (Å²) in [7, 11) is 0. The van der Waals surface area contributed by atoms with E-state index in [9.17, 15) is 49.2 Å². The molecule has 4 N–H and O–H groups in total. The molecule has 12 nitrogen and oxygen atoms in total. The predicted octanol–water partition coefficient (Wildman–Crippen LogP) is 2.07. The first-order valence-electron chi connectivity index (χ1n) is 12.1. The molecule has 2 aromatic rings. The summed E-state index contributed by atoms with van der Waals surface area (Å²) in [5, 5.41) is 44.1. The van der Waals surface area contributed by atoms with Crippen LogP contribution in [0.15, 0.2) is 23.3 Å². The van der Waals surface area contributed by atoms with E-state index in [0.717, 1.165) is 12.1 Å². The topological polar surface area (TPSA) is 202 Å². The monoisotopic (exact) mass is 546 g/mol. The van der Waals surface area contributed by atoms with E-state index in [1.54, 1.807) is 13.8 Å². The molecule has 2 aliphatic heterocycles. The number of carbonyl (C=O) groups excluding carboxylic acids is 6. The van der Waals surface area contributed by atoms with Gasteiger partial charge < -0.3 is 29.9 Å². The van der Waals surface area contributed by atoms with E-state index in [1.807, 2.05) is 0 Å². The molecule has 0 bridgehead atoms. The summed E-state index contributed by atoms with van der Waals surface area (Å²) >= 11 is 0. The number of allylic oxidation sites excluding steroid dienone is 2. The number of aliphatic hydroxyl groups is 2. The van der Waals surface area contributed by atoms with E-state index in [1.165, 1.54) is 0 Å². The van der Waals surface area contributed by atoms with E-state index in [2.05, 4.69) is 0 Å². The number of benzene rings is 2. The Morgan fingerprint density at radius 1 is 0.575 bits per heavy atom. The van der Waals surface area contributed by atoms with Crippen molar-refractivity contribution in [3.63, 3.8) is 0 Å². The van der Waals surface area contributed by atoms with Crippen LogP contribution < -0.4 is 0 Å². The Labute approximate surface area is 223 Å². The molecule has 2 heterocycles. The minimum atomic E-state index is -1.49. The molecular formula is C28H18O12. The van der Waals surface area contributed by atoms with Crippen LogP contribution in [0.2, 0.25) is 0 Å². The van der Waals surface area contributed by atoms with Gasteiger partial charge in [0.2, 0.25) is 23.1 Å². The second kappa shape index (κ2) is 8.12. The van der Waals surface area contributed by atoms with Crippen LogP contribution in [0.3, 0.4) is 0 Å². The fourth-order valence-corrected chi connectivity index (χ4v) is 5.65. The molecule has 0 spiro atoms. The number of ether oxygens (including phenoxy) is 2. The van der Waals surface area contributed by atoms with Gasteiger partial charge in [-0.15, -0.1) is 0 Å². The SMILES string of the molecule is CC1Cc2cc3c(c(O)c2C(=O)O1)C(O)=C(C1=C(O)c2c(cc4c(c2O)C(=O)OC(C)C4)C(=O)C1=O)C(=O)C3=O. The van der Waals surface area contributed by atoms with Crippen molar-refractivity contribution in [2.45, 2.75) is 38.9 Å². The summed E-state index contributed by atoms with van der Waals surface area (Å²) in [5.41, 5.74) is -4.89. The van der Waals surface area contributed by atoms with Gasteiger partial charge in [-0.1, -0.05) is 0 Å². The van der Waals surface area contributed by atoms with Crippen LogP contribution in [0.4, 0.5) is 0 Å². The smallest absolute Gasteiger partial charge is 0.342 e. The highest BCUT2D eigenvalue weighted by molar-refractivity contribution is 6.60. The third-order valence-corrected chi connectivity index (χ3v) is 7.36. The fraction of sp³-hybridized carbons (Fsp3) is 0.214. The number of aliphatic hydroxyl groups excluding tert-OH is 2. The fourth-order valence-electron chi connectivity index (χ4n) is 5.65.